The number of nitrogens with one attached hydrogen (secondary N) is 1. The Morgan fingerprint density at radius 3 is 2.81 bits per heavy atom. The Kier molecular flexibility index (Phi) is 4.23. The van der Waals surface area contributed by atoms with Crippen LogP contribution < -0.4 is 5.32 Å². The second-order valence-corrected chi connectivity index (χ2v) is 4.87. The minimum absolute atomic E-state index is 0.465. The van der Waals surface area contributed by atoms with E-state index in [2.05, 4.69) is 20.5 Å². The molecule has 3 rings (SSSR count). The van der Waals surface area contributed by atoms with Gasteiger partial charge in [-0.2, -0.15) is 0 Å². The highest BCUT2D eigenvalue weighted by Crippen LogP contribution is 2.21. The highest BCUT2D eigenvalue weighted by atomic mass is 35.5. The van der Waals surface area contributed by atoms with Crippen molar-refractivity contribution in [1.82, 2.24) is 20.5 Å². The van der Waals surface area contributed by atoms with E-state index >= 15 is 0 Å². The highest BCUT2D eigenvalue weighted by Gasteiger charge is 2.08. The first-order valence-corrected chi connectivity index (χ1v) is 6.88. The topological polar surface area (TPSA) is 63.8 Å². The zero-order valence-electron chi connectivity index (χ0n) is 11.2. The summed E-state index contributed by atoms with van der Waals surface area (Å²) in [5.41, 5.74) is 1.78. The lowest BCUT2D eigenvalue weighted by molar-refractivity contribution is 0.476. The van der Waals surface area contributed by atoms with Crippen LogP contribution in [-0.2, 0) is 13.1 Å². The van der Waals surface area contributed by atoms with E-state index in [1.54, 1.807) is 18.3 Å². The van der Waals surface area contributed by atoms with Crippen LogP contribution in [0.25, 0.3) is 11.5 Å². The van der Waals surface area contributed by atoms with Crippen molar-refractivity contribution < 1.29 is 4.42 Å². The molecule has 0 saturated heterocycles. The number of hydrogen-bond donors (Lipinski definition) is 1. The lowest BCUT2D eigenvalue weighted by Crippen LogP contribution is -2.13. The van der Waals surface area contributed by atoms with Crippen molar-refractivity contribution in [2.75, 3.05) is 0 Å². The largest absolute Gasteiger partial charge is 0.419 e. The SMILES string of the molecule is Clc1cccc(-c2nnc(CNCc3ccccn3)o2)c1. The molecular formula is C15H13ClN4O. The molecule has 21 heavy (non-hydrogen) atoms. The molecule has 0 amide bonds. The number of nitrogens with zero attached hydrogens (tertiary/aromatic N) is 3. The first kappa shape index (κ1) is 13.7. The molecule has 1 N–H and O–H groups in total. The maximum atomic E-state index is 5.94. The molecule has 0 saturated carbocycles. The quantitative estimate of drug-likeness (QED) is 0.784. The van der Waals surface area contributed by atoms with Crippen LogP contribution in [-0.4, -0.2) is 15.2 Å². The van der Waals surface area contributed by atoms with Gasteiger partial charge in [-0.05, 0) is 30.3 Å². The maximum absolute atomic E-state index is 5.94. The summed E-state index contributed by atoms with van der Waals surface area (Å²) in [6.45, 7) is 1.14. The number of rotatable bonds is 5. The third kappa shape index (κ3) is 3.65. The Hall–Kier alpha value is -2.24. The van der Waals surface area contributed by atoms with Gasteiger partial charge in [-0.3, -0.25) is 4.98 Å². The number of halogens is 1. The Morgan fingerprint density at radius 1 is 1.05 bits per heavy atom. The van der Waals surface area contributed by atoms with Gasteiger partial charge in [-0.25, -0.2) is 0 Å². The lowest BCUT2D eigenvalue weighted by Gasteiger charge is -2.00. The summed E-state index contributed by atoms with van der Waals surface area (Å²) in [6, 6.07) is 13.1. The maximum Gasteiger partial charge on any atom is 0.247 e. The third-order valence-electron chi connectivity index (χ3n) is 2.85. The van der Waals surface area contributed by atoms with E-state index in [1.165, 1.54) is 0 Å². The Bertz CT molecular complexity index is 714. The zero-order valence-corrected chi connectivity index (χ0v) is 11.9. The minimum atomic E-state index is 0.465. The highest BCUT2D eigenvalue weighted by molar-refractivity contribution is 6.30. The monoisotopic (exact) mass is 300 g/mol. The van der Waals surface area contributed by atoms with Gasteiger partial charge in [0, 0.05) is 23.3 Å². The summed E-state index contributed by atoms with van der Waals surface area (Å²) >= 11 is 5.94. The molecule has 0 aliphatic heterocycles. The van der Waals surface area contributed by atoms with Crippen LogP contribution in [0.4, 0.5) is 0 Å². The van der Waals surface area contributed by atoms with Crippen LogP contribution in [0, 0.1) is 0 Å². The van der Waals surface area contributed by atoms with Crippen LogP contribution in [0.5, 0.6) is 0 Å². The molecule has 0 bridgehead atoms. The predicted octanol–water partition coefficient (Wildman–Crippen LogP) is 3.07. The van der Waals surface area contributed by atoms with Gasteiger partial charge in [-0.15, -0.1) is 10.2 Å². The second kappa shape index (κ2) is 6.47. The standard InChI is InChI=1S/C15H13ClN4O/c16-12-5-3-4-11(8-12)15-20-19-14(21-15)10-17-9-13-6-1-2-7-18-13/h1-8,17H,9-10H2. The summed E-state index contributed by atoms with van der Waals surface area (Å²) in [4.78, 5) is 4.23. The molecule has 2 heterocycles. The van der Waals surface area contributed by atoms with Crippen molar-refractivity contribution in [2.45, 2.75) is 13.1 Å². The van der Waals surface area contributed by atoms with Gasteiger partial charge in [0.25, 0.3) is 0 Å². The number of pyridine rings is 1. The van der Waals surface area contributed by atoms with E-state index in [1.807, 2.05) is 30.3 Å². The van der Waals surface area contributed by atoms with Crippen LogP contribution in [0.1, 0.15) is 11.6 Å². The van der Waals surface area contributed by atoms with E-state index in [0.717, 1.165) is 11.3 Å². The van der Waals surface area contributed by atoms with Gasteiger partial charge >= 0.3 is 0 Å². The fraction of sp³-hybridized carbons (Fsp3) is 0.133. The third-order valence-corrected chi connectivity index (χ3v) is 3.08. The van der Waals surface area contributed by atoms with E-state index in [-0.39, 0.29) is 0 Å². The van der Waals surface area contributed by atoms with Crippen LogP contribution in [0.2, 0.25) is 5.02 Å². The summed E-state index contributed by atoms with van der Waals surface area (Å²) in [7, 11) is 0. The number of aromatic nitrogens is 3. The molecule has 0 aliphatic rings. The van der Waals surface area contributed by atoms with E-state index in [4.69, 9.17) is 16.0 Å². The first-order chi connectivity index (χ1) is 10.3. The van der Waals surface area contributed by atoms with Gasteiger partial charge in [0.2, 0.25) is 11.8 Å². The lowest BCUT2D eigenvalue weighted by atomic mass is 10.2. The molecular weight excluding hydrogens is 288 g/mol. The van der Waals surface area contributed by atoms with Crippen molar-refractivity contribution in [2.24, 2.45) is 0 Å². The van der Waals surface area contributed by atoms with E-state index < -0.39 is 0 Å². The van der Waals surface area contributed by atoms with Crippen molar-refractivity contribution in [3.05, 3.63) is 65.3 Å². The Morgan fingerprint density at radius 2 is 2.00 bits per heavy atom. The molecule has 1 aromatic carbocycles. The summed E-state index contributed by atoms with van der Waals surface area (Å²) in [5.74, 6) is 0.994. The molecule has 106 valence electrons. The second-order valence-electron chi connectivity index (χ2n) is 4.44. The van der Waals surface area contributed by atoms with Crippen LogP contribution in [0.15, 0.2) is 53.1 Å². The minimum Gasteiger partial charge on any atom is -0.419 e. The smallest absolute Gasteiger partial charge is 0.247 e. The fourth-order valence-corrected chi connectivity index (χ4v) is 2.05. The molecule has 0 radical (unpaired) electrons. The molecule has 5 nitrogen and oxygen atoms in total. The Balaban J connectivity index is 1.60. The van der Waals surface area contributed by atoms with Gasteiger partial charge in [0.05, 0.1) is 12.2 Å². The fourth-order valence-electron chi connectivity index (χ4n) is 1.86. The first-order valence-electron chi connectivity index (χ1n) is 6.50. The van der Waals surface area contributed by atoms with Gasteiger partial charge in [0.1, 0.15) is 0 Å². The van der Waals surface area contributed by atoms with E-state index in [9.17, 15) is 0 Å². The average Bonchev–Trinajstić information content (AvgIpc) is 2.97. The molecule has 0 unspecified atom stereocenters. The van der Waals surface area contributed by atoms with Gasteiger partial charge in [-0.1, -0.05) is 23.7 Å². The van der Waals surface area contributed by atoms with Crippen molar-refractivity contribution >= 4 is 11.6 Å². The summed E-state index contributed by atoms with van der Waals surface area (Å²) in [6.07, 6.45) is 1.76. The van der Waals surface area contributed by atoms with Crippen molar-refractivity contribution in [3.8, 4) is 11.5 Å². The molecule has 0 spiro atoms. The zero-order chi connectivity index (χ0) is 14.5. The van der Waals surface area contributed by atoms with Crippen molar-refractivity contribution in [3.63, 3.8) is 0 Å². The van der Waals surface area contributed by atoms with Gasteiger partial charge < -0.3 is 9.73 Å². The summed E-state index contributed by atoms with van der Waals surface area (Å²) in [5, 5.41) is 11.9. The molecule has 0 aliphatic carbocycles. The molecule has 2 aromatic heterocycles. The van der Waals surface area contributed by atoms with Crippen LogP contribution in [0.3, 0.4) is 0 Å². The Labute approximate surface area is 127 Å². The molecule has 0 fully saturated rings. The van der Waals surface area contributed by atoms with E-state index in [0.29, 0.717) is 29.9 Å². The van der Waals surface area contributed by atoms with Gasteiger partial charge in [0.15, 0.2) is 0 Å². The average molecular weight is 301 g/mol. The summed E-state index contributed by atoms with van der Waals surface area (Å²) < 4.78 is 5.60. The molecule has 6 heteroatoms. The molecule has 3 aromatic rings. The van der Waals surface area contributed by atoms with Crippen molar-refractivity contribution in [1.29, 1.82) is 0 Å². The number of hydrogen-bond acceptors (Lipinski definition) is 5. The molecule has 0 atom stereocenters. The number of benzene rings is 1. The van der Waals surface area contributed by atoms with Crippen LogP contribution >= 0.6 is 11.6 Å². The predicted molar refractivity (Wildman–Crippen MR) is 79.5 cm³/mol. The normalized spacial score (nSPS) is 10.7.